The van der Waals surface area contributed by atoms with E-state index in [1.54, 1.807) is 0 Å². The average molecular weight is 293 g/mol. The van der Waals surface area contributed by atoms with Gasteiger partial charge >= 0.3 is 0 Å². The summed E-state index contributed by atoms with van der Waals surface area (Å²) in [6.45, 7) is 16.0. The Balaban J connectivity index is 2.28. The maximum absolute atomic E-state index is 6.90. The van der Waals surface area contributed by atoms with E-state index in [1.807, 2.05) is 0 Å². The van der Waals surface area contributed by atoms with Crippen molar-refractivity contribution in [3.05, 3.63) is 17.4 Å². The summed E-state index contributed by atoms with van der Waals surface area (Å²) in [4.78, 5) is 0. The summed E-state index contributed by atoms with van der Waals surface area (Å²) in [5.41, 5.74) is 4.72. The molecule has 0 bridgehead atoms. The Bertz CT molecular complexity index is 433. The molecule has 0 spiro atoms. The van der Waals surface area contributed by atoms with Gasteiger partial charge in [0.25, 0.3) is 0 Å². The van der Waals surface area contributed by atoms with Gasteiger partial charge in [0.15, 0.2) is 8.32 Å². The van der Waals surface area contributed by atoms with Gasteiger partial charge in [0.2, 0.25) is 0 Å². The summed E-state index contributed by atoms with van der Waals surface area (Å²) in [6.07, 6.45) is 7.66. The summed E-state index contributed by atoms with van der Waals surface area (Å²) < 4.78 is 6.90. The molecule has 0 amide bonds. The highest BCUT2D eigenvalue weighted by Gasteiger charge is 2.58. The highest BCUT2D eigenvalue weighted by Crippen LogP contribution is 2.58. The number of rotatable bonds is 3. The van der Waals surface area contributed by atoms with Crippen LogP contribution in [0.1, 0.15) is 60.3 Å². The summed E-state index contributed by atoms with van der Waals surface area (Å²) in [7, 11) is -1.72. The molecule has 2 rings (SSSR count). The van der Waals surface area contributed by atoms with Crippen molar-refractivity contribution in [3.63, 3.8) is 0 Å². The molecule has 2 aliphatic rings. The largest absolute Gasteiger partial charge is 0.407 e. The van der Waals surface area contributed by atoms with Gasteiger partial charge in [0.05, 0.1) is 5.60 Å². The zero-order valence-corrected chi connectivity index (χ0v) is 15.5. The van der Waals surface area contributed by atoms with Crippen LogP contribution in [0.4, 0.5) is 0 Å². The maximum atomic E-state index is 6.90. The lowest BCUT2D eigenvalue weighted by molar-refractivity contribution is -0.0732. The minimum atomic E-state index is -1.72. The molecule has 2 aliphatic carbocycles. The van der Waals surface area contributed by atoms with E-state index in [-0.39, 0.29) is 10.6 Å². The van der Waals surface area contributed by atoms with Gasteiger partial charge in [0, 0.05) is 0 Å². The van der Waals surface area contributed by atoms with Crippen molar-refractivity contribution >= 4 is 8.32 Å². The van der Waals surface area contributed by atoms with Crippen LogP contribution in [0.25, 0.3) is 0 Å². The first-order valence-electron chi connectivity index (χ1n) is 8.19. The van der Waals surface area contributed by atoms with Crippen LogP contribution in [0.2, 0.25) is 18.1 Å². The molecule has 2 saturated carbocycles. The first-order chi connectivity index (χ1) is 9.07. The second kappa shape index (κ2) is 5.16. The van der Waals surface area contributed by atoms with E-state index in [4.69, 9.17) is 4.43 Å². The normalized spacial score (nSPS) is 33.1. The molecule has 2 fully saturated rings. The van der Waals surface area contributed by atoms with Crippen LogP contribution >= 0.6 is 0 Å². The highest BCUT2D eigenvalue weighted by molar-refractivity contribution is 6.74. The fourth-order valence-electron chi connectivity index (χ4n) is 3.53. The predicted octanol–water partition coefficient (Wildman–Crippen LogP) is 5.69. The lowest BCUT2D eigenvalue weighted by Crippen LogP contribution is -2.59. The number of hydrogen-bond acceptors (Lipinski definition) is 1. The fraction of sp³-hybridized carbons (Fsp3) is 0.833. The molecular formula is C18H32OSi. The molecule has 20 heavy (non-hydrogen) atoms. The summed E-state index contributed by atoms with van der Waals surface area (Å²) >= 11 is 0. The van der Waals surface area contributed by atoms with Crippen molar-refractivity contribution in [1.82, 2.24) is 0 Å². The zero-order chi connectivity index (χ0) is 15.2. The van der Waals surface area contributed by atoms with E-state index in [0.717, 1.165) is 11.8 Å². The smallest absolute Gasteiger partial charge is 0.193 e. The summed E-state index contributed by atoms with van der Waals surface area (Å²) in [6, 6.07) is 0. The van der Waals surface area contributed by atoms with Crippen molar-refractivity contribution in [1.29, 1.82) is 0 Å². The average Bonchev–Trinajstić information content (AvgIpc) is 2.65. The minimum absolute atomic E-state index is 0.00143. The molecule has 0 N–H and O–H groups in total. The van der Waals surface area contributed by atoms with Crippen molar-refractivity contribution in [2.45, 2.75) is 84.0 Å². The van der Waals surface area contributed by atoms with Gasteiger partial charge in [-0.1, -0.05) is 27.2 Å². The van der Waals surface area contributed by atoms with E-state index in [9.17, 15) is 0 Å². The van der Waals surface area contributed by atoms with E-state index >= 15 is 0 Å². The van der Waals surface area contributed by atoms with E-state index in [1.165, 1.54) is 31.3 Å². The second-order valence-electron chi connectivity index (χ2n) is 8.61. The molecule has 0 saturated heterocycles. The number of fused-ring (bicyclic) bond motifs is 1. The van der Waals surface area contributed by atoms with Crippen molar-refractivity contribution in [2.75, 3.05) is 0 Å². The van der Waals surface area contributed by atoms with Gasteiger partial charge in [-0.3, -0.25) is 0 Å². The van der Waals surface area contributed by atoms with Crippen LogP contribution in [0.15, 0.2) is 17.4 Å². The minimum Gasteiger partial charge on any atom is -0.407 e. The molecule has 0 aliphatic heterocycles. The lowest BCUT2D eigenvalue weighted by atomic mass is 9.63. The Labute approximate surface area is 126 Å². The molecule has 114 valence electrons. The SMILES string of the molecule is CC(C)=C=C[C@@]1(O[Si](C)(C)C(C)(C)C)C[C@@H]2CCC[C@@H]21. The third-order valence-electron chi connectivity index (χ3n) is 5.72. The highest BCUT2D eigenvalue weighted by atomic mass is 28.4. The van der Waals surface area contributed by atoms with Crippen LogP contribution in [0, 0.1) is 11.8 Å². The Morgan fingerprint density at radius 3 is 2.40 bits per heavy atom. The van der Waals surface area contributed by atoms with E-state index < -0.39 is 8.32 Å². The zero-order valence-electron chi connectivity index (χ0n) is 14.5. The Kier molecular flexibility index (Phi) is 4.14. The third-order valence-corrected chi connectivity index (χ3v) is 10.2. The van der Waals surface area contributed by atoms with Crippen LogP contribution in [-0.4, -0.2) is 13.9 Å². The summed E-state index contributed by atoms with van der Waals surface area (Å²) in [5.74, 6) is 1.67. The van der Waals surface area contributed by atoms with Gasteiger partial charge in [-0.15, -0.1) is 5.73 Å². The second-order valence-corrected chi connectivity index (χ2v) is 13.3. The maximum Gasteiger partial charge on any atom is 0.193 e. The van der Waals surface area contributed by atoms with Gasteiger partial charge < -0.3 is 4.43 Å². The molecule has 3 atom stereocenters. The van der Waals surface area contributed by atoms with Crippen molar-refractivity contribution in [3.8, 4) is 0 Å². The molecule has 0 aromatic carbocycles. The Morgan fingerprint density at radius 1 is 1.25 bits per heavy atom. The van der Waals surface area contributed by atoms with Crippen molar-refractivity contribution < 1.29 is 4.43 Å². The van der Waals surface area contributed by atoms with Gasteiger partial charge in [-0.25, -0.2) is 0 Å². The van der Waals surface area contributed by atoms with Gasteiger partial charge in [-0.05, 0) is 74.7 Å². The van der Waals surface area contributed by atoms with E-state index in [0.29, 0.717) is 0 Å². The van der Waals surface area contributed by atoms with Crippen LogP contribution in [0.5, 0.6) is 0 Å². The Hall–Kier alpha value is -0.303. The topological polar surface area (TPSA) is 9.23 Å². The monoisotopic (exact) mass is 292 g/mol. The predicted molar refractivity (Wildman–Crippen MR) is 89.4 cm³/mol. The van der Waals surface area contributed by atoms with E-state index in [2.05, 4.69) is 59.5 Å². The lowest BCUT2D eigenvalue weighted by Gasteiger charge is -2.55. The van der Waals surface area contributed by atoms with Crippen molar-refractivity contribution in [2.24, 2.45) is 11.8 Å². The molecule has 0 heterocycles. The van der Waals surface area contributed by atoms with Crippen LogP contribution in [0.3, 0.4) is 0 Å². The quantitative estimate of drug-likeness (QED) is 0.480. The summed E-state index contributed by atoms with van der Waals surface area (Å²) in [5, 5.41) is 0.280. The van der Waals surface area contributed by atoms with Crippen LogP contribution in [-0.2, 0) is 4.43 Å². The van der Waals surface area contributed by atoms with Gasteiger partial charge in [0.1, 0.15) is 0 Å². The van der Waals surface area contributed by atoms with Crippen LogP contribution < -0.4 is 0 Å². The molecule has 0 unspecified atom stereocenters. The number of hydrogen-bond donors (Lipinski definition) is 0. The van der Waals surface area contributed by atoms with Gasteiger partial charge in [-0.2, -0.15) is 0 Å². The fourth-order valence-corrected chi connectivity index (χ4v) is 5.08. The molecular weight excluding hydrogens is 260 g/mol. The molecule has 0 aromatic heterocycles. The molecule has 0 aromatic rings. The molecule has 1 nitrogen and oxygen atoms in total. The Morgan fingerprint density at radius 2 is 1.90 bits per heavy atom. The first-order valence-corrected chi connectivity index (χ1v) is 11.1. The standard InChI is InChI=1S/C18H32OSi/c1-14(2)11-12-18(13-15-9-8-10-16(15)18)19-20(6,7)17(3,4)5/h12,15-16H,8-10,13H2,1-7H3/t15-,16-,18+/m0/s1. The molecule has 2 heteroatoms. The molecule has 0 radical (unpaired) electrons. The first kappa shape index (κ1) is 16.1. The third kappa shape index (κ3) is 2.84.